The number of halogens is 1. The Labute approximate surface area is 105 Å². The van der Waals surface area contributed by atoms with Gasteiger partial charge in [0.05, 0.1) is 0 Å². The van der Waals surface area contributed by atoms with Gasteiger partial charge in [-0.1, -0.05) is 18.2 Å². The molecule has 1 unspecified atom stereocenters. The van der Waals surface area contributed by atoms with Gasteiger partial charge in [-0.05, 0) is 42.5 Å². The molecule has 1 heterocycles. The molecule has 0 amide bonds. The monoisotopic (exact) mass is 249 g/mol. The van der Waals surface area contributed by atoms with Crippen LogP contribution in [0.5, 0.6) is 0 Å². The van der Waals surface area contributed by atoms with Gasteiger partial charge in [0.1, 0.15) is 5.82 Å². The van der Waals surface area contributed by atoms with Gasteiger partial charge in [-0.2, -0.15) is 0 Å². The Bertz CT molecular complexity index is 453. The van der Waals surface area contributed by atoms with Crippen LogP contribution in [-0.2, 0) is 13.0 Å². The largest absolute Gasteiger partial charge is 0.310 e. The molecule has 2 rings (SSSR count). The van der Waals surface area contributed by atoms with E-state index in [1.165, 1.54) is 10.9 Å². The first-order valence-corrected chi connectivity index (χ1v) is 6.62. The average molecular weight is 249 g/mol. The van der Waals surface area contributed by atoms with Crippen LogP contribution in [0.3, 0.4) is 0 Å². The predicted octanol–water partition coefficient (Wildman–Crippen LogP) is 3.61. The van der Waals surface area contributed by atoms with Gasteiger partial charge in [-0.25, -0.2) is 4.39 Å². The minimum atomic E-state index is -0.171. The molecule has 0 aliphatic carbocycles. The molecule has 0 saturated carbocycles. The molecule has 90 valence electrons. The Hall–Kier alpha value is -1.19. The lowest BCUT2D eigenvalue weighted by atomic mass is 10.1. The number of thiophene rings is 1. The van der Waals surface area contributed by atoms with Gasteiger partial charge in [0.25, 0.3) is 0 Å². The summed E-state index contributed by atoms with van der Waals surface area (Å²) < 4.78 is 13.0. The lowest BCUT2D eigenvalue weighted by Crippen LogP contribution is -2.27. The third-order valence-corrected chi connectivity index (χ3v) is 3.53. The van der Waals surface area contributed by atoms with Crippen LogP contribution in [0, 0.1) is 5.82 Å². The lowest BCUT2D eigenvalue weighted by molar-refractivity contribution is 0.545. The molecule has 2 aromatic rings. The maximum Gasteiger partial charge on any atom is 0.123 e. The fourth-order valence-corrected chi connectivity index (χ4v) is 2.58. The summed E-state index contributed by atoms with van der Waals surface area (Å²) in [5.41, 5.74) is 0.989. The molecule has 1 nitrogen and oxygen atoms in total. The van der Waals surface area contributed by atoms with Crippen molar-refractivity contribution in [2.24, 2.45) is 0 Å². The van der Waals surface area contributed by atoms with Gasteiger partial charge in [-0.3, -0.25) is 0 Å². The van der Waals surface area contributed by atoms with Crippen LogP contribution in [0.25, 0.3) is 0 Å². The molecule has 3 heteroatoms. The molecule has 1 N–H and O–H groups in total. The Morgan fingerprint density at radius 1 is 1.29 bits per heavy atom. The van der Waals surface area contributed by atoms with Gasteiger partial charge >= 0.3 is 0 Å². The zero-order valence-electron chi connectivity index (χ0n) is 9.82. The second kappa shape index (κ2) is 5.94. The summed E-state index contributed by atoms with van der Waals surface area (Å²) in [7, 11) is 0. The van der Waals surface area contributed by atoms with Crippen molar-refractivity contribution in [2.75, 3.05) is 0 Å². The van der Waals surface area contributed by atoms with E-state index in [4.69, 9.17) is 0 Å². The highest BCUT2D eigenvalue weighted by Crippen LogP contribution is 2.11. The van der Waals surface area contributed by atoms with E-state index in [1.54, 1.807) is 23.5 Å². The van der Waals surface area contributed by atoms with Gasteiger partial charge in [0, 0.05) is 17.5 Å². The number of rotatable bonds is 5. The van der Waals surface area contributed by atoms with Crippen molar-refractivity contribution < 1.29 is 4.39 Å². The first-order chi connectivity index (χ1) is 8.24. The maximum atomic E-state index is 13.0. The third-order valence-electron chi connectivity index (χ3n) is 2.63. The van der Waals surface area contributed by atoms with E-state index in [9.17, 15) is 4.39 Å². The lowest BCUT2D eigenvalue weighted by Gasteiger charge is -2.12. The van der Waals surface area contributed by atoms with Crippen molar-refractivity contribution in [3.63, 3.8) is 0 Å². The van der Waals surface area contributed by atoms with E-state index < -0.39 is 0 Å². The van der Waals surface area contributed by atoms with Crippen LogP contribution in [0.2, 0.25) is 0 Å². The van der Waals surface area contributed by atoms with Crippen molar-refractivity contribution in [2.45, 2.75) is 25.9 Å². The fourth-order valence-electron chi connectivity index (χ4n) is 1.74. The Balaban J connectivity index is 1.82. The summed E-state index contributed by atoms with van der Waals surface area (Å²) >= 11 is 1.78. The van der Waals surface area contributed by atoms with Crippen molar-refractivity contribution in [1.82, 2.24) is 5.32 Å². The summed E-state index contributed by atoms with van der Waals surface area (Å²) in [5, 5.41) is 5.50. The van der Waals surface area contributed by atoms with Crippen molar-refractivity contribution in [1.29, 1.82) is 0 Å². The van der Waals surface area contributed by atoms with Crippen molar-refractivity contribution in [3.05, 3.63) is 58.0 Å². The van der Waals surface area contributed by atoms with Gasteiger partial charge in [0.15, 0.2) is 0 Å². The highest BCUT2D eigenvalue weighted by molar-refractivity contribution is 7.09. The molecular formula is C14H16FNS. The third kappa shape index (κ3) is 3.95. The van der Waals surface area contributed by atoms with E-state index in [-0.39, 0.29) is 5.82 Å². The van der Waals surface area contributed by atoms with E-state index in [1.807, 2.05) is 6.07 Å². The highest BCUT2D eigenvalue weighted by atomic mass is 32.1. The molecule has 0 radical (unpaired) electrons. The Morgan fingerprint density at radius 3 is 2.88 bits per heavy atom. The van der Waals surface area contributed by atoms with E-state index in [0.29, 0.717) is 12.6 Å². The molecule has 0 aliphatic rings. The predicted molar refractivity (Wildman–Crippen MR) is 70.7 cm³/mol. The standard InChI is InChI=1S/C14H16FNS/c1-11(8-14-6-3-7-17-14)16-10-12-4-2-5-13(15)9-12/h2-7,9,11,16H,8,10H2,1H3. The number of nitrogens with one attached hydrogen (secondary N) is 1. The zero-order chi connectivity index (χ0) is 12.1. The summed E-state index contributed by atoms with van der Waals surface area (Å²) in [6.45, 7) is 2.86. The van der Waals surface area contributed by atoms with Crippen LogP contribution in [-0.4, -0.2) is 6.04 Å². The first kappa shape index (κ1) is 12.3. The van der Waals surface area contributed by atoms with E-state index in [0.717, 1.165) is 12.0 Å². The molecule has 1 aromatic heterocycles. The van der Waals surface area contributed by atoms with Gasteiger partial charge in [0.2, 0.25) is 0 Å². The Kier molecular flexibility index (Phi) is 4.29. The molecule has 0 saturated heterocycles. The SMILES string of the molecule is CC(Cc1cccs1)NCc1cccc(F)c1. The van der Waals surface area contributed by atoms with E-state index >= 15 is 0 Å². The second-order valence-corrected chi connectivity index (χ2v) is 5.23. The molecule has 1 atom stereocenters. The molecule has 0 fully saturated rings. The van der Waals surface area contributed by atoms with Crippen LogP contribution in [0.1, 0.15) is 17.4 Å². The number of hydrogen-bond acceptors (Lipinski definition) is 2. The van der Waals surface area contributed by atoms with E-state index in [2.05, 4.69) is 29.8 Å². The van der Waals surface area contributed by atoms with Gasteiger partial charge < -0.3 is 5.32 Å². The molecule has 0 aliphatic heterocycles. The first-order valence-electron chi connectivity index (χ1n) is 5.74. The second-order valence-electron chi connectivity index (χ2n) is 4.20. The fraction of sp³-hybridized carbons (Fsp3) is 0.286. The normalized spacial score (nSPS) is 12.6. The number of hydrogen-bond donors (Lipinski definition) is 1. The maximum absolute atomic E-state index is 13.0. The van der Waals surface area contributed by atoms with Crippen LogP contribution in [0.15, 0.2) is 41.8 Å². The molecule has 0 spiro atoms. The Morgan fingerprint density at radius 2 is 2.18 bits per heavy atom. The van der Waals surface area contributed by atoms with Gasteiger partial charge in [-0.15, -0.1) is 11.3 Å². The summed E-state index contributed by atoms with van der Waals surface area (Å²) in [4.78, 5) is 1.38. The average Bonchev–Trinajstić information content (AvgIpc) is 2.79. The molecular weight excluding hydrogens is 233 g/mol. The zero-order valence-corrected chi connectivity index (χ0v) is 10.6. The topological polar surface area (TPSA) is 12.0 Å². The summed E-state index contributed by atoms with van der Waals surface area (Å²) in [6.07, 6.45) is 1.02. The minimum Gasteiger partial charge on any atom is -0.310 e. The quantitative estimate of drug-likeness (QED) is 0.853. The van der Waals surface area contributed by atoms with Crippen LogP contribution >= 0.6 is 11.3 Å². The smallest absolute Gasteiger partial charge is 0.123 e. The highest BCUT2D eigenvalue weighted by Gasteiger charge is 2.04. The summed E-state index contributed by atoms with van der Waals surface area (Å²) in [6, 6.07) is 11.3. The van der Waals surface area contributed by atoms with Crippen LogP contribution < -0.4 is 5.32 Å². The minimum absolute atomic E-state index is 0.171. The number of benzene rings is 1. The summed E-state index contributed by atoms with van der Waals surface area (Å²) in [5.74, 6) is -0.171. The van der Waals surface area contributed by atoms with Crippen molar-refractivity contribution >= 4 is 11.3 Å². The molecule has 0 bridgehead atoms. The molecule has 17 heavy (non-hydrogen) atoms. The molecule has 1 aromatic carbocycles. The van der Waals surface area contributed by atoms with Crippen molar-refractivity contribution in [3.8, 4) is 0 Å². The van der Waals surface area contributed by atoms with Crippen LogP contribution in [0.4, 0.5) is 4.39 Å².